The molecule has 0 heterocycles. The van der Waals surface area contributed by atoms with Crippen LogP contribution in [0.4, 0.5) is 0 Å². The van der Waals surface area contributed by atoms with E-state index in [1.54, 1.807) is 6.92 Å². The van der Waals surface area contributed by atoms with Crippen LogP contribution >= 0.6 is 0 Å². The van der Waals surface area contributed by atoms with Crippen molar-refractivity contribution in [3.63, 3.8) is 0 Å². The Hall–Kier alpha value is -0.630. The van der Waals surface area contributed by atoms with E-state index in [-0.39, 0.29) is 11.9 Å². The van der Waals surface area contributed by atoms with E-state index in [0.29, 0.717) is 6.42 Å². The molecule has 0 rings (SSSR count). The molecule has 12 heavy (non-hydrogen) atoms. The molecule has 0 aromatic rings. The average molecular weight is 170 g/mol. The molecule has 0 radical (unpaired) electrons. The highest BCUT2D eigenvalue weighted by molar-refractivity contribution is 5.75. The minimum Gasteiger partial charge on any atom is -0.378 e. The van der Waals surface area contributed by atoms with Gasteiger partial charge in [-0.2, -0.15) is 0 Å². The molecule has 0 amide bonds. The first-order chi connectivity index (χ1) is 5.66. The highest BCUT2D eigenvalue weighted by Gasteiger charge is 2.03. The summed E-state index contributed by atoms with van der Waals surface area (Å²) in [7, 11) is 0. The molecule has 0 saturated heterocycles. The van der Waals surface area contributed by atoms with E-state index in [0.717, 1.165) is 19.4 Å². The van der Waals surface area contributed by atoms with E-state index >= 15 is 0 Å². The van der Waals surface area contributed by atoms with Crippen LogP contribution in [0.1, 0.15) is 33.1 Å². The van der Waals surface area contributed by atoms with E-state index in [4.69, 9.17) is 4.74 Å². The van der Waals surface area contributed by atoms with Crippen molar-refractivity contribution in [1.82, 2.24) is 0 Å². The highest BCUT2D eigenvalue weighted by atomic mass is 16.5. The molecule has 0 aromatic heterocycles. The lowest BCUT2D eigenvalue weighted by Gasteiger charge is -2.10. The lowest BCUT2D eigenvalue weighted by atomic mass is 10.2. The van der Waals surface area contributed by atoms with Crippen molar-refractivity contribution < 1.29 is 9.53 Å². The minimum absolute atomic E-state index is 0.0623. The van der Waals surface area contributed by atoms with Crippen molar-refractivity contribution in [2.75, 3.05) is 6.61 Å². The standard InChI is InChI=1S/C10H18O2/c1-4-5-6-7-12-10(3)8-9(2)11/h4,10H,1,5-8H2,2-3H3. The van der Waals surface area contributed by atoms with Gasteiger partial charge >= 0.3 is 0 Å². The Morgan fingerprint density at radius 3 is 2.83 bits per heavy atom. The molecule has 0 aliphatic rings. The fraction of sp³-hybridized carbons (Fsp3) is 0.700. The van der Waals surface area contributed by atoms with Crippen LogP contribution in [0.2, 0.25) is 0 Å². The minimum atomic E-state index is 0.0623. The lowest BCUT2D eigenvalue weighted by molar-refractivity contribution is -0.119. The van der Waals surface area contributed by atoms with Crippen LogP contribution in [-0.2, 0) is 9.53 Å². The van der Waals surface area contributed by atoms with Crippen LogP contribution in [-0.4, -0.2) is 18.5 Å². The third-order valence-corrected chi connectivity index (χ3v) is 1.53. The SMILES string of the molecule is C=CCCCOC(C)CC(C)=O. The second-order valence-electron chi connectivity index (χ2n) is 3.02. The summed E-state index contributed by atoms with van der Waals surface area (Å²) in [5.74, 6) is 0.186. The first-order valence-corrected chi connectivity index (χ1v) is 4.38. The molecule has 1 unspecified atom stereocenters. The summed E-state index contributed by atoms with van der Waals surface area (Å²) in [5.41, 5.74) is 0. The average Bonchev–Trinajstić information content (AvgIpc) is 1.97. The summed E-state index contributed by atoms with van der Waals surface area (Å²) < 4.78 is 5.39. The molecule has 0 N–H and O–H groups in total. The van der Waals surface area contributed by atoms with Gasteiger partial charge in [0.2, 0.25) is 0 Å². The maximum Gasteiger partial charge on any atom is 0.132 e. The Bertz CT molecular complexity index is 141. The van der Waals surface area contributed by atoms with Crippen molar-refractivity contribution in [1.29, 1.82) is 0 Å². The molecular formula is C10H18O2. The van der Waals surface area contributed by atoms with Crippen molar-refractivity contribution in [3.8, 4) is 0 Å². The quantitative estimate of drug-likeness (QED) is 0.433. The number of ketones is 1. The van der Waals surface area contributed by atoms with E-state index < -0.39 is 0 Å². The number of hydrogen-bond donors (Lipinski definition) is 0. The Balaban J connectivity index is 3.24. The number of Topliss-reactive ketones (excluding diaryl/α,β-unsaturated/α-hetero) is 1. The van der Waals surface area contributed by atoms with Gasteiger partial charge in [-0.25, -0.2) is 0 Å². The summed E-state index contributed by atoms with van der Waals surface area (Å²) in [6.45, 7) is 7.85. The maximum atomic E-state index is 10.6. The van der Waals surface area contributed by atoms with Crippen LogP contribution in [0, 0.1) is 0 Å². The molecule has 2 heteroatoms. The fourth-order valence-electron chi connectivity index (χ4n) is 0.976. The van der Waals surface area contributed by atoms with E-state index in [2.05, 4.69) is 6.58 Å². The topological polar surface area (TPSA) is 26.3 Å². The van der Waals surface area contributed by atoms with E-state index in [1.807, 2.05) is 13.0 Å². The smallest absolute Gasteiger partial charge is 0.132 e. The first-order valence-electron chi connectivity index (χ1n) is 4.38. The summed E-state index contributed by atoms with van der Waals surface area (Å²) in [4.78, 5) is 10.6. The Labute approximate surface area is 74.6 Å². The molecule has 0 saturated carbocycles. The zero-order valence-electron chi connectivity index (χ0n) is 8.01. The normalized spacial score (nSPS) is 12.5. The molecule has 0 aliphatic heterocycles. The van der Waals surface area contributed by atoms with Crippen LogP contribution in [0.25, 0.3) is 0 Å². The van der Waals surface area contributed by atoms with Gasteiger partial charge in [0, 0.05) is 13.0 Å². The molecule has 2 nitrogen and oxygen atoms in total. The van der Waals surface area contributed by atoms with Crippen LogP contribution in [0.15, 0.2) is 12.7 Å². The summed E-state index contributed by atoms with van der Waals surface area (Å²) >= 11 is 0. The number of rotatable bonds is 7. The van der Waals surface area contributed by atoms with Gasteiger partial charge in [-0.15, -0.1) is 6.58 Å². The van der Waals surface area contributed by atoms with Crippen molar-refractivity contribution >= 4 is 5.78 Å². The number of unbranched alkanes of at least 4 members (excludes halogenated alkanes) is 1. The molecule has 0 bridgehead atoms. The Kier molecular flexibility index (Phi) is 6.67. The largest absolute Gasteiger partial charge is 0.378 e. The summed E-state index contributed by atoms with van der Waals surface area (Å²) in [6, 6.07) is 0. The predicted octanol–water partition coefficient (Wildman–Crippen LogP) is 2.34. The van der Waals surface area contributed by atoms with Crippen molar-refractivity contribution in [2.45, 2.75) is 39.2 Å². The highest BCUT2D eigenvalue weighted by Crippen LogP contribution is 2.00. The zero-order chi connectivity index (χ0) is 9.40. The van der Waals surface area contributed by atoms with Gasteiger partial charge in [-0.1, -0.05) is 6.08 Å². The third kappa shape index (κ3) is 7.48. The fourth-order valence-corrected chi connectivity index (χ4v) is 0.976. The maximum absolute atomic E-state index is 10.6. The second-order valence-corrected chi connectivity index (χ2v) is 3.02. The van der Waals surface area contributed by atoms with Gasteiger partial charge < -0.3 is 4.74 Å². The molecule has 0 spiro atoms. The predicted molar refractivity (Wildman–Crippen MR) is 50.1 cm³/mol. The van der Waals surface area contributed by atoms with Gasteiger partial charge in [-0.3, -0.25) is 4.79 Å². The molecule has 0 fully saturated rings. The number of allylic oxidation sites excluding steroid dienone is 1. The van der Waals surface area contributed by atoms with Gasteiger partial charge in [-0.05, 0) is 26.7 Å². The van der Waals surface area contributed by atoms with Crippen LogP contribution < -0.4 is 0 Å². The lowest BCUT2D eigenvalue weighted by Crippen LogP contribution is -2.12. The number of ether oxygens (including phenoxy) is 1. The molecule has 0 aromatic carbocycles. The van der Waals surface area contributed by atoms with Crippen molar-refractivity contribution in [2.24, 2.45) is 0 Å². The van der Waals surface area contributed by atoms with Crippen LogP contribution in [0.3, 0.4) is 0 Å². The van der Waals surface area contributed by atoms with Crippen molar-refractivity contribution in [3.05, 3.63) is 12.7 Å². The number of carbonyl (C=O) groups excluding carboxylic acids is 1. The summed E-state index contributed by atoms with van der Waals surface area (Å²) in [5, 5.41) is 0. The molecule has 70 valence electrons. The van der Waals surface area contributed by atoms with Gasteiger partial charge in [0.1, 0.15) is 5.78 Å². The van der Waals surface area contributed by atoms with Gasteiger partial charge in [0.05, 0.1) is 6.10 Å². The third-order valence-electron chi connectivity index (χ3n) is 1.53. The monoisotopic (exact) mass is 170 g/mol. The molecule has 1 atom stereocenters. The first kappa shape index (κ1) is 11.4. The molecular weight excluding hydrogens is 152 g/mol. The molecule has 0 aliphatic carbocycles. The van der Waals surface area contributed by atoms with E-state index in [9.17, 15) is 4.79 Å². The van der Waals surface area contributed by atoms with Gasteiger partial charge in [0.25, 0.3) is 0 Å². The Morgan fingerprint density at radius 1 is 1.67 bits per heavy atom. The second kappa shape index (κ2) is 7.04. The Morgan fingerprint density at radius 2 is 2.33 bits per heavy atom. The summed E-state index contributed by atoms with van der Waals surface area (Å²) in [6.07, 6.45) is 4.43. The number of hydrogen-bond acceptors (Lipinski definition) is 2. The number of carbonyl (C=O) groups is 1. The van der Waals surface area contributed by atoms with E-state index in [1.165, 1.54) is 0 Å². The zero-order valence-corrected chi connectivity index (χ0v) is 8.01. The van der Waals surface area contributed by atoms with Crippen LogP contribution in [0.5, 0.6) is 0 Å². The van der Waals surface area contributed by atoms with Gasteiger partial charge in [0.15, 0.2) is 0 Å².